The highest BCUT2D eigenvalue weighted by molar-refractivity contribution is 7.15. The number of rotatable bonds is 5. The molecule has 8 heteroatoms. The number of morpholine rings is 1. The van der Waals surface area contributed by atoms with E-state index in [9.17, 15) is 4.79 Å². The molecule has 1 fully saturated rings. The monoisotopic (exact) mass is 334 g/mol. The van der Waals surface area contributed by atoms with Gasteiger partial charge in [0.2, 0.25) is 11.0 Å². The van der Waals surface area contributed by atoms with Crippen molar-refractivity contribution in [2.45, 2.75) is 12.5 Å². The van der Waals surface area contributed by atoms with Crippen molar-refractivity contribution in [3.05, 3.63) is 34.8 Å². The highest BCUT2D eigenvalue weighted by Gasteiger charge is 2.22. The third-order valence-corrected chi connectivity index (χ3v) is 4.26. The van der Waals surface area contributed by atoms with E-state index in [1.165, 1.54) is 11.3 Å². The molecule has 0 bridgehead atoms. The first-order chi connectivity index (χ1) is 11.2. The Balaban J connectivity index is 1.60. The topological polar surface area (TPSA) is 85.4 Å². The Labute approximate surface area is 138 Å². The zero-order chi connectivity index (χ0) is 16.1. The van der Waals surface area contributed by atoms with E-state index < -0.39 is 0 Å². The second-order valence-electron chi connectivity index (χ2n) is 5.10. The minimum atomic E-state index is -0.338. The molecule has 1 atom stereocenters. The third kappa shape index (κ3) is 4.25. The molecule has 2 heterocycles. The minimum absolute atomic E-state index is 0.145. The van der Waals surface area contributed by atoms with Crippen LogP contribution >= 0.6 is 11.3 Å². The van der Waals surface area contributed by atoms with Crippen LogP contribution in [0.1, 0.15) is 10.6 Å². The first kappa shape index (κ1) is 15.9. The van der Waals surface area contributed by atoms with E-state index in [1.54, 1.807) is 7.11 Å². The van der Waals surface area contributed by atoms with Crippen LogP contribution in [0.2, 0.25) is 0 Å². The van der Waals surface area contributed by atoms with Gasteiger partial charge in [-0.1, -0.05) is 23.5 Å². The summed E-state index contributed by atoms with van der Waals surface area (Å²) in [5, 5.41) is 15.4. The van der Waals surface area contributed by atoms with Crippen LogP contribution in [0.15, 0.2) is 24.3 Å². The lowest BCUT2D eigenvalue weighted by Crippen LogP contribution is -2.48. The summed E-state index contributed by atoms with van der Waals surface area (Å²) in [7, 11) is 1.64. The van der Waals surface area contributed by atoms with Gasteiger partial charge >= 0.3 is 0 Å². The molecule has 122 valence electrons. The summed E-state index contributed by atoms with van der Waals surface area (Å²) in [6.07, 6.45) is 0.648. The molecule has 2 aromatic rings. The summed E-state index contributed by atoms with van der Waals surface area (Å²) in [5.74, 6) is 0.665. The number of benzene rings is 1. The average molecular weight is 334 g/mol. The Bertz CT molecular complexity index is 670. The Hall–Kier alpha value is -2.03. The van der Waals surface area contributed by atoms with Gasteiger partial charge in [-0.05, 0) is 17.7 Å². The molecule has 1 aromatic heterocycles. The third-order valence-electron chi connectivity index (χ3n) is 3.42. The number of carbonyl (C=O) groups is 1. The largest absolute Gasteiger partial charge is 0.497 e. The van der Waals surface area contributed by atoms with Crippen molar-refractivity contribution in [2.24, 2.45) is 0 Å². The van der Waals surface area contributed by atoms with Gasteiger partial charge in [-0.15, -0.1) is 10.2 Å². The first-order valence-corrected chi connectivity index (χ1v) is 8.13. The van der Waals surface area contributed by atoms with Gasteiger partial charge in [-0.3, -0.25) is 10.1 Å². The summed E-state index contributed by atoms with van der Waals surface area (Å²) in [6, 6.07) is 7.46. The normalized spacial score (nSPS) is 17.7. The fraction of sp³-hybridized carbons (Fsp3) is 0.400. The number of nitrogens with zero attached hydrogens (tertiary/aromatic N) is 2. The minimum Gasteiger partial charge on any atom is -0.497 e. The van der Waals surface area contributed by atoms with Crippen molar-refractivity contribution in [3.63, 3.8) is 0 Å². The van der Waals surface area contributed by atoms with Crippen molar-refractivity contribution in [1.29, 1.82) is 0 Å². The number of ether oxygens (including phenoxy) is 2. The van der Waals surface area contributed by atoms with Crippen LogP contribution in [0.3, 0.4) is 0 Å². The molecule has 1 aliphatic rings. The molecule has 0 radical (unpaired) electrons. The van der Waals surface area contributed by atoms with Gasteiger partial charge in [0.25, 0.3) is 0 Å². The van der Waals surface area contributed by atoms with Gasteiger partial charge in [-0.25, -0.2) is 0 Å². The maximum atomic E-state index is 12.1. The van der Waals surface area contributed by atoms with Crippen LogP contribution in [-0.2, 0) is 16.0 Å². The van der Waals surface area contributed by atoms with Crippen LogP contribution < -0.4 is 15.4 Å². The van der Waals surface area contributed by atoms with Crippen molar-refractivity contribution in [2.75, 3.05) is 32.2 Å². The molecular formula is C15H18N4O3S. The van der Waals surface area contributed by atoms with Gasteiger partial charge in [0.15, 0.2) is 0 Å². The summed E-state index contributed by atoms with van der Waals surface area (Å²) < 4.78 is 10.5. The van der Waals surface area contributed by atoms with Crippen LogP contribution in [0.25, 0.3) is 0 Å². The fourth-order valence-corrected chi connectivity index (χ4v) is 3.04. The highest BCUT2D eigenvalue weighted by Crippen LogP contribution is 2.21. The number of anilines is 1. The van der Waals surface area contributed by atoms with E-state index in [4.69, 9.17) is 9.47 Å². The lowest BCUT2D eigenvalue weighted by molar-refractivity contribution is -0.120. The molecule has 1 aliphatic heterocycles. The molecule has 7 nitrogen and oxygen atoms in total. The zero-order valence-corrected chi connectivity index (χ0v) is 13.6. The van der Waals surface area contributed by atoms with Gasteiger partial charge in [0, 0.05) is 13.0 Å². The summed E-state index contributed by atoms with van der Waals surface area (Å²) >= 11 is 1.37. The van der Waals surface area contributed by atoms with Crippen molar-refractivity contribution in [3.8, 4) is 5.75 Å². The Morgan fingerprint density at radius 2 is 2.43 bits per heavy atom. The summed E-state index contributed by atoms with van der Waals surface area (Å²) in [5.41, 5.74) is 1.08. The molecule has 2 N–H and O–H groups in total. The van der Waals surface area contributed by atoms with E-state index in [2.05, 4.69) is 20.8 Å². The summed E-state index contributed by atoms with van der Waals surface area (Å²) in [4.78, 5) is 12.1. The molecule has 0 aliphatic carbocycles. The number of amides is 1. The van der Waals surface area contributed by atoms with Gasteiger partial charge in [-0.2, -0.15) is 0 Å². The zero-order valence-electron chi connectivity index (χ0n) is 12.7. The smallest absolute Gasteiger partial charge is 0.245 e. The molecule has 1 amide bonds. The standard InChI is InChI=1S/C15H18N4O3S/c1-21-11-4-2-3-10(7-11)8-13-18-19-15(23-13)17-14(20)12-9-22-6-5-16-12/h2-4,7,12,16H,5-6,8-9H2,1H3,(H,17,19,20). The number of hydrogen-bond acceptors (Lipinski definition) is 7. The molecule has 1 unspecified atom stereocenters. The Kier molecular flexibility index (Phi) is 5.16. The van der Waals surface area contributed by atoms with Crippen molar-refractivity contribution in [1.82, 2.24) is 15.5 Å². The number of methoxy groups -OCH3 is 1. The maximum Gasteiger partial charge on any atom is 0.245 e. The molecule has 0 spiro atoms. The number of hydrogen-bond donors (Lipinski definition) is 2. The molecular weight excluding hydrogens is 316 g/mol. The lowest BCUT2D eigenvalue weighted by atomic mass is 10.1. The van der Waals surface area contributed by atoms with Crippen LogP contribution in [0, 0.1) is 0 Å². The molecule has 1 aromatic carbocycles. The first-order valence-electron chi connectivity index (χ1n) is 7.32. The van der Waals surface area contributed by atoms with E-state index in [0.717, 1.165) is 16.3 Å². The molecule has 3 rings (SSSR count). The van der Waals surface area contributed by atoms with E-state index in [-0.39, 0.29) is 11.9 Å². The van der Waals surface area contributed by atoms with Crippen LogP contribution in [-0.4, -0.2) is 49.0 Å². The fourth-order valence-electron chi connectivity index (χ4n) is 2.26. The van der Waals surface area contributed by atoms with Crippen molar-refractivity contribution >= 4 is 22.4 Å². The lowest BCUT2D eigenvalue weighted by Gasteiger charge is -2.22. The second kappa shape index (κ2) is 7.49. The number of carbonyl (C=O) groups excluding carboxylic acids is 1. The molecule has 1 saturated heterocycles. The Morgan fingerprint density at radius 3 is 3.22 bits per heavy atom. The highest BCUT2D eigenvalue weighted by atomic mass is 32.1. The van der Waals surface area contributed by atoms with E-state index >= 15 is 0 Å². The summed E-state index contributed by atoms with van der Waals surface area (Å²) in [6.45, 7) is 1.68. The van der Waals surface area contributed by atoms with Gasteiger partial charge < -0.3 is 14.8 Å². The van der Waals surface area contributed by atoms with Crippen molar-refractivity contribution < 1.29 is 14.3 Å². The predicted molar refractivity (Wildman–Crippen MR) is 86.9 cm³/mol. The van der Waals surface area contributed by atoms with Crippen LogP contribution in [0.4, 0.5) is 5.13 Å². The SMILES string of the molecule is COc1cccc(Cc2nnc(NC(=O)C3COCCN3)s2)c1. The maximum absolute atomic E-state index is 12.1. The van der Waals surface area contributed by atoms with E-state index in [1.807, 2.05) is 24.3 Å². The predicted octanol–water partition coefficient (Wildman–Crippen LogP) is 1.06. The average Bonchev–Trinajstić information content (AvgIpc) is 3.02. The number of nitrogens with one attached hydrogen (secondary N) is 2. The quantitative estimate of drug-likeness (QED) is 0.851. The number of aromatic nitrogens is 2. The van der Waals surface area contributed by atoms with E-state index in [0.29, 0.717) is 31.3 Å². The Morgan fingerprint density at radius 1 is 1.52 bits per heavy atom. The van der Waals surface area contributed by atoms with Gasteiger partial charge in [0.05, 0.1) is 20.3 Å². The molecule has 0 saturated carbocycles. The van der Waals surface area contributed by atoms with Crippen LogP contribution in [0.5, 0.6) is 5.75 Å². The molecule has 23 heavy (non-hydrogen) atoms. The van der Waals surface area contributed by atoms with Gasteiger partial charge in [0.1, 0.15) is 16.8 Å². The second-order valence-corrected chi connectivity index (χ2v) is 6.16.